The summed E-state index contributed by atoms with van der Waals surface area (Å²) in [5.41, 5.74) is 0. The van der Waals surface area contributed by atoms with Gasteiger partial charge in [0.05, 0.1) is 36.4 Å². The molecule has 10 heteroatoms. The number of esters is 1. The number of nitrogens with zero attached hydrogens (tertiary/aromatic N) is 3. The maximum absolute atomic E-state index is 14.2. The highest BCUT2D eigenvalue weighted by molar-refractivity contribution is 8.02. The van der Waals surface area contributed by atoms with Gasteiger partial charge in [0.2, 0.25) is 11.8 Å². The zero-order valence-electron chi connectivity index (χ0n) is 21.0. The van der Waals surface area contributed by atoms with Crippen molar-refractivity contribution < 1.29 is 29.0 Å². The van der Waals surface area contributed by atoms with Crippen molar-refractivity contribution in [1.82, 2.24) is 14.7 Å². The molecule has 2 amide bonds. The highest BCUT2D eigenvalue weighted by Crippen LogP contribution is 2.65. The first kappa shape index (κ1) is 25.8. The van der Waals surface area contributed by atoms with Crippen molar-refractivity contribution in [3.63, 3.8) is 0 Å². The molecule has 0 aromatic rings. The fourth-order valence-corrected chi connectivity index (χ4v) is 8.61. The van der Waals surface area contributed by atoms with E-state index >= 15 is 0 Å². The third-order valence-electron chi connectivity index (χ3n) is 8.20. The van der Waals surface area contributed by atoms with Crippen molar-refractivity contribution in [2.24, 2.45) is 11.8 Å². The molecule has 1 spiro atoms. The van der Waals surface area contributed by atoms with Crippen LogP contribution in [0, 0.1) is 11.8 Å². The predicted molar refractivity (Wildman–Crippen MR) is 135 cm³/mol. The number of ether oxygens (including phenoxy) is 2. The first-order valence-electron chi connectivity index (χ1n) is 13.1. The summed E-state index contributed by atoms with van der Waals surface area (Å²) in [6.07, 6.45) is 9.93. The van der Waals surface area contributed by atoms with Crippen molar-refractivity contribution in [1.29, 1.82) is 0 Å². The summed E-state index contributed by atoms with van der Waals surface area (Å²) in [6.45, 7) is 7.64. The standard InChI is InChI=1S/C26H37N3O6S/c1-25-7-2-5-16-35-24(33)20(25)19-22(31)29(10-3-4-15-30)21-23(32)28(9-6-8-26(19,21)36-25)12-11-27-13-17-34-18-14-27/h2,6-8,19-21,30H,3-5,9-18H2,1H3/t19-,20-,21?,25+,26-/m0/s1. The SMILES string of the molecule is C[C@@]12C=CCCOC(=O)[C@@H]1[C@H]1C(=O)N(CCCCO)C3C(=O)N(CCN4CCOCC4)CC=C[C@@]31S2. The molecule has 5 aliphatic heterocycles. The molecule has 9 nitrogen and oxygen atoms in total. The summed E-state index contributed by atoms with van der Waals surface area (Å²) >= 11 is 1.58. The second-order valence-electron chi connectivity index (χ2n) is 10.5. The first-order valence-corrected chi connectivity index (χ1v) is 14.0. The molecule has 0 bridgehead atoms. The molecular formula is C26H37N3O6S. The van der Waals surface area contributed by atoms with Gasteiger partial charge in [-0.2, -0.15) is 0 Å². The molecule has 198 valence electrons. The molecule has 1 N–H and O–H groups in total. The van der Waals surface area contributed by atoms with Gasteiger partial charge in [-0.15, -0.1) is 11.8 Å². The van der Waals surface area contributed by atoms with Gasteiger partial charge in [-0.3, -0.25) is 19.3 Å². The lowest BCUT2D eigenvalue weighted by molar-refractivity contribution is -0.154. The van der Waals surface area contributed by atoms with Crippen molar-refractivity contribution in [3.05, 3.63) is 24.3 Å². The van der Waals surface area contributed by atoms with E-state index in [2.05, 4.69) is 11.0 Å². The smallest absolute Gasteiger partial charge is 0.311 e. The second kappa shape index (κ2) is 10.5. The summed E-state index contributed by atoms with van der Waals surface area (Å²) < 4.78 is 9.54. The van der Waals surface area contributed by atoms with E-state index in [9.17, 15) is 19.5 Å². The number of unbranched alkanes of at least 4 members (excludes halogenated alkanes) is 1. The predicted octanol–water partition coefficient (Wildman–Crippen LogP) is 0.680. The Hall–Kier alpha value is -1.88. The van der Waals surface area contributed by atoms with Crippen LogP contribution in [0.4, 0.5) is 0 Å². The second-order valence-corrected chi connectivity index (χ2v) is 12.2. The van der Waals surface area contributed by atoms with Crippen molar-refractivity contribution in [3.8, 4) is 0 Å². The molecule has 1 unspecified atom stereocenters. The van der Waals surface area contributed by atoms with E-state index < -0.39 is 27.4 Å². The number of rotatable bonds is 7. The number of thioether (sulfide) groups is 1. The van der Waals surface area contributed by atoms with Crippen LogP contribution in [0.3, 0.4) is 0 Å². The minimum Gasteiger partial charge on any atom is -0.465 e. The maximum Gasteiger partial charge on any atom is 0.311 e. The maximum atomic E-state index is 14.2. The Bertz CT molecular complexity index is 937. The van der Waals surface area contributed by atoms with Gasteiger partial charge >= 0.3 is 5.97 Å². The van der Waals surface area contributed by atoms with E-state index in [-0.39, 0.29) is 24.4 Å². The molecule has 0 aromatic heterocycles. The van der Waals surface area contributed by atoms with Gasteiger partial charge in [0.15, 0.2) is 0 Å². The molecule has 3 saturated heterocycles. The van der Waals surface area contributed by atoms with Gasteiger partial charge in [0.25, 0.3) is 0 Å². The van der Waals surface area contributed by atoms with Crippen LogP contribution in [-0.4, -0.2) is 119 Å². The molecule has 5 aliphatic rings. The number of fused-ring (bicyclic) bond motifs is 2. The normalized spacial score (nSPS) is 36.7. The summed E-state index contributed by atoms with van der Waals surface area (Å²) in [6, 6.07) is -0.687. The number of cyclic esters (lactones) is 1. The van der Waals surface area contributed by atoms with Crippen molar-refractivity contribution in [2.45, 2.75) is 41.7 Å². The van der Waals surface area contributed by atoms with Crippen molar-refractivity contribution >= 4 is 29.5 Å². The molecule has 0 aromatic carbocycles. The van der Waals surface area contributed by atoms with Crippen LogP contribution in [0.15, 0.2) is 24.3 Å². The largest absolute Gasteiger partial charge is 0.465 e. The molecule has 36 heavy (non-hydrogen) atoms. The van der Waals surface area contributed by atoms with E-state index in [1.54, 1.807) is 16.7 Å². The zero-order valence-corrected chi connectivity index (χ0v) is 21.8. The van der Waals surface area contributed by atoms with E-state index in [4.69, 9.17) is 9.47 Å². The number of amides is 2. The molecule has 3 fully saturated rings. The van der Waals surface area contributed by atoms with E-state index in [1.165, 1.54) is 0 Å². The quantitative estimate of drug-likeness (QED) is 0.298. The summed E-state index contributed by atoms with van der Waals surface area (Å²) in [4.78, 5) is 47.4. The molecular weight excluding hydrogens is 482 g/mol. The lowest BCUT2D eigenvalue weighted by Gasteiger charge is -2.37. The Morgan fingerprint density at radius 1 is 1.00 bits per heavy atom. The summed E-state index contributed by atoms with van der Waals surface area (Å²) in [5.74, 6) is -1.89. The van der Waals surface area contributed by atoms with Gasteiger partial charge in [0, 0.05) is 50.6 Å². The number of hydrogen-bond donors (Lipinski definition) is 1. The van der Waals surface area contributed by atoms with Gasteiger partial charge < -0.3 is 24.4 Å². The third-order valence-corrected chi connectivity index (χ3v) is 10.00. The Morgan fingerprint density at radius 2 is 1.81 bits per heavy atom. The average molecular weight is 520 g/mol. The fraction of sp³-hybridized carbons (Fsp3) is 0.731. The molecule has 0 aliphatic carbocycles. The fourth-order valence-electron chi connectivity index (χ4n) is 6.46. The molecule has 5 heterocycles. The van der Waals surface area contributed by atoms with Gasteiger partial charge in [-0.25, -0.2) is 0 Å². The van der Waals surface area contributed by atoms with E-state index in [0.717, 1.165) is 19.6 Å². The van der Waals surface area contributed by atoms with E-state index in [0.29, 0.717) is 58.7 Å². The lowest BCUT2D eigenvalue weighted by Crippen LogP contribution is -2.54. The first-order chi connectivity index (χ1) is 17.4. The number of aliphatic hydroxyl groups is 1. The number of likely N-dealkylation sites (tertiary alicyclic amines) is 1. The van der Waals surface area contributed by atoms with Gasteiger partial charge in [-0.1, -0.05) is 24.3 Å². The average Bonchev–Trinajstić information content (AvgIpc) is 3.18. The summed E-state index contributed by atoms with van der Waals surface area (Å²) in [7, 11) is 0. The van der Waals surface area contributed by atoms with Gasteiger partial charge in [-0.05, 0) is 26.2 Å². The zero-order chi connectivity index (χ0) is 25.3. The van der Waals surface area contributed by atoms with Gasteiger partial charge in [0.1, 0.15) is 6.04 Å². The van der Waals surface area contributed by atoms with Crippen molar-refractivity contribution in [2.75, 3.05) is 65.7 Å². The number of carbonyl (C=O) groups excluding carboxylic acids is 3. The molecule has 0 radical (unpaired) electrons. The monoisotopic (exact) mass is 519 g/mol. The number of hydrogen-bond acceptors (Lipinski definition) is 8. The number of morpholine rings is 1. The minimum atomic E-state index is -0.839. The Kier molecular flexibility index (Phi) is 7.49. The lowest BCUT2D eigenvalue weighted by atomic mass is 9.74. The van der Waals surface area contributed by atoms with Crippen LogP contribution in [-0.2, 0) is 23.9 Å². The van der Waals surface area contributed by atoms with Crippen LogP contribution >= 0.6 is 11.8 Å². The van der Waals surface area contributed by atoms with Crippen LogP contribution in [0.2, 0.25) is 0 Å². The third kappa shape index (κ3) is 4.40. The minimum absolute atomic E-state index is 0.0351. The highest BCUT2D eigenvalue weighted by atomic mass is 32.2. The van der Waals surface area contributed by atoms with Crippen LogP contribution in [0.25, 0.3) is 0 Å². The van der Waals surface area contributed by atoms with Crippen LogP contribution < -0.4 is 0 Å². The highest BCUT2D eigenvalue weighted by Gasteiger charge is 2.73. The molecule has 5 atom stereocenters. The van der Waals surface area contributed by atoms with Crippen LogP contribution in [0.1, 0.15) is 26.2 Å². The van der Waals surface area contributed by atoms with Crippen LogP contribution in [0.5, 0.6) is 0 Å². The topological polar surface area (TPSA) is 99.6 Å². The number of aliphatic hydroxyl groups excluding tert-OH is 1. The Balaban J connectivity index is 1.48. The summed E-state index contributed by atoms with van der Waals surface area (Å²) in [5, 5.41) is 9.34. The molecule has 0 saturated carbocycles. The number of carbonyl (C=O) groups is 3. The molecule has 5 rings (SSSR count). The Labute approximate surface area is 216 Å². The Morgan fingerprint density at radius 3 is 2.58 bits per heavy atom. The van der Waals surface area contributed by atoms with E-state index in [1.807, 2.05) is 30.1 Å².